The molecule has 1 fully saturated rings. The molecule has 0 aromatic rings. The first-order valence-corrected chi connectivity index (χ1v) is 2.92. The van der Waals surface area contributed by atoms with Crippen LogP contribution in [-0.2, 0) is 9.47 Å². The van der Waals surface area contributed by atoms with Crippen molar-refractivity contribution >= 4 is 6.16 Å². The Balaban J connectivity index is 2.69. The molecule has 0 unspecified atom stereocenters. The number of carbonyl (C=O) groups is 1. The van der Waals surface area contributed by atoms with Crippen molar-refractivity contribution in [3.63, 3.8) is 0 Å². The number of cyclic esters (lactones) is 2. The second kappa shape index (κ2) is 1.62. The summed E-state index contributed by atoms with van der Waals surface area (Å²) < 4.78 is 9.52. The average molecular weight is 130 g/mol. The minimum Gasteiger partial charge on any atom is -0.427 e. The highest BCUT2D eigenvalue weighted by Gasteiger charge is 2.40. The molecule has 0 spiro atoms. The molecular weight excluding hydrogens is 120 g/mol. The zero-order valence-corrected chi connectivity index (χ0v) is 5.80. The Hall–Kier alpha value is -0.730. The third kappa shape index (κ3) is 0.992. The van der Waals surface area contributed by atoms with E-state index in [1.54, 1.807) is 0 Å². The van der Waals surface area contributed by atoms with Crippen molar-refractivity contribution in [2.45, 2.75) is 32.5 Å². The van der Waals surface area contributed by atoms with Gasteiger partial charge in [-0.15, -0.1) is 0 Å². The highest BCUT2D eigenvalue weighted by atomic mass is 16.8. The van der Waals surface area contributed by atoms with Gasteiger partial charge in [-0.05, 0) is 20.8 Å². The molecule has 52 valence electrons. The predicted molar refractivity (Wildman–Crippen MR) is 31.1 cm³/mol. The Morgan fingerprint density at radius 3 is 2.22 bits per heavy atom. The minimum atomic E-state index is -0.563. The fraction of sp³-hybridized carbons (Fsp3) is 0.833. The lowest BCUT2D eigenvalue weighted by Gasteiger charge is -2.16. The van der Waals surface area contributed by atoms with Gasteiger partial charge in [0.05, 0.1) is 0 Å². The van der Waals surface area contributed by atoms with E-state index in [1.807, 2.05) is 20.8 Å². The summed E-state index contributed by atoms with van der Waals surface area (Å²) in [6.45, 7) is 5.45. The Labute approximate surface area is 53.9 Å². The molecule has 3 nitrogen and oxygen atoms in total. The normalized spacial score (nSPS) is 31.4. The summed E-state index contributed by atoms with van der Waals surface area (Å²) >= 11 is 0. The molecular formula is C6H10O3. The smallest absolute Gasteiger partial charge is 0.427 e. The molecule has 1 atom stereocenters. The van der Waals surface area contributed by atoms with Crippen LogP contribution in [0.3, 0.4) is 0 Å². The molecule has 0 radical (unpaired) electrons. The fourth-order valence-corrected chi connectivity index (χ4v) is 0.608. The summed E-state index contributed by atoms with van der Waals surface area (Å²) in [4.78, 5) is 10.4. The van der Waals surface area contributed by atoms with E-state index in [2.05, 4.69) is 0 Å². The van der Waals surface area contributed by atoms with E-state index in [0.717, 1.165) is 0 Å². The lowest BCUT2D eigenvalue weighted by molar-refractivity contribution is 0.0703. The van der Waals surface area contributed by atoms with E-state index < -0.39 is 11.8 Å². The first kappa shape index (κ1) is 6.39. The zero-order valence-electron chi connectivity index (χ0n) is 5.80. The third-order valence-electron chi connectivity index (χ3n) is 1.60. The SMILES string of the molecule is C[C@@H]1OC(=O)OC1(C)C. The van der Waals surface area contributed by atoms with Gasteiger partial charge in [0, 0.05) is 0 Å². The van der Waals surface area contributed by atoms with Crippen molar-refractivity contribution < 1.29 is 14.3 Å². The van der Waals surface area contributed by atoms with E-state index >= 15 is 0 Å². The molecule has 1 saturated heterocycles. The summed E-state index contributed by atoms with van der Waals surface area (Å²) in [7, 11) is 0. The van der Waals surface area contributed by atoms with E-state index in [0.29, 0.717) is 0 Å². The molecule has 0 bridgehead atoms. The van der Waals surface area contributed by atoms with Crippen molar-refractivity contribution in [3.8, 4) is 0 Å². The maximum atomic E-state index is 10.4. The first-order chi connectivity index (χ1) is 4.02. The number of ether oxygens (including phenoxy) is 2. The van der Waals surface area contributed by atoms with E-state index in [4.69, 9.17) is 9.47 Å². The zero-order chi connectivity index (χ0) is 7.07. The third-order valence-corrected chi connectivity index (χ3v) is 1.60. The number of hydrogen-bond donors (Lipinski definition) is 0. The van der Waals surface area contributed by atoms with Gasteiger partial charge in [-0.25, -0.2) is 4.79 Å². The maximum Gasteiger partial charge on any atom is 0.509 e. The molecule has 0 aromatic heterocycles. The second-order valence-electron chi connectivity index (χ2n) is 2.72. The van der Waals surface area contributed by atoms with Crippen LogP contribution >= 0.6 is 0 Å². The van der Waals surface area contributed by atoms with Gasteiger partial charge in [-0.1, -0.05) is 0 Å². The van der Waals surface area contributed by atoms with E-state index in [9.17, 15) is 4.79 Å². The van der Waals surface area contributed by atoms with Gasteiger partial charge in [0.1, 0.15) is 11.7 Å². The standard InChI is InChI=1S/C6H10O3/c1-4-6(2,3)9-5(7)8-4/h4H,1-3H3/t4-/m0/s1. The van der Waals surface area contributed by atoms with Gasteiger partial charge in [0.15, 0.2) is 0 Å². The molecule has 1 aliphatic rings. The Morgan fingerprint density at radius 1 is 1.56 bits per heavy atom. The van der Waals surface area contributed by atoms with Crippen LogP contribution in [0.5, 0.6) is 0 Å². The summed E-state index contributed by atoms with van der Waals surface area (Å²) in [5, 5.41) is 0. The van der Waals surface area contributed by atoms with Crippen LogP contribution in [0.25, 0.3) is 0 Å². The first-order valence-electron chi connectivity index (χ1n) is 2.92. The molecule has 1 rings (SSSR count). The number of rotatable bonds is 0. The van der Waals surface area contributed by atoms with Crippen LogP contribution in [0, 0.1) is 0 Å². The largest absolute Gasteiger partial charge is 0.509 e. The molecule has 0 aromatic carbocycles. The molecule has 0 N–H and O–H groups in total. The molecule has 0 saturated carbocycles. The number of hydrogen-bond acceptors (Lipinski definition) is 3. The van der Waals surface area contributed by atoms with Crippen LogP contribution in [0.2, 0.25) is 0 Å². The Kier molecular flexibility index (Phi) is 1.15. The molecule has 3 heteroatoms. The van der Waals surface area contributed by atoms with Crippen LogP contribution in [0.15, 0.2) is 0 Å². The Bertz CT molecular complexity index is 139. The van der Waals surface area contributed by atoms with Gasteiger partial charge in [-0.2, -0.15) is 0 Å². The molecule has 1 heterocycles. The number of carbonyl (C=O) groups excluding carboxylic acids is 1. The minimum absolute atomic E-state index is 0.134. The van der Waals surface area contributed by atoms with Crippen molar-refractivity contribution in [2.75, 3.05) is 0 Å². The van der Waals surface area contributed by atoms with Crippen LogP contribution in [-0.4, -0.2) is 17.9 Å². The van der Waals surface area contributed by atoms with E-state index in [1.165, 1.54) is 0 Å². The summed E-state index contributed by atoms with van der Waals surface area (Å²) in [6.07, 6.45) is -0.697. The molecule has 0 aliphatic carbocycles. The van der Waals surface area contributed by atoms with Gasteiger partial charge >= 0.3 is 6.16 Å². The Morgan fingerprint density at radius 2 is 2.11 bits per heavy atom. The van der Waals surface area contributed by atoms with Crippen molar-refractivity contribution in [2.24, 2.45) is 0 Å². The molecule has 1 aliphatic heterocycles. The van der Waals surface area contributed by atoms with Crippen LogP contribution in [0.1, 0.15) is 20.8 Å². The van der Waals surface area contributed by atoms with Crippen molar-refractivity contribution in [1.82, 2.24) is 0 Å². The van der Waals surface area contributed by atoms with Gasteiger partial charge in [-0.3, -0.25) is 0 Å². The van der Waals surface area contributed by atoms with Gasteiger partial charge in [0.25, 0.3) is 0 Å². The predicted octanol–water partition coefficient (Wildman–Crippen LogP) is 1.32. The highest BCUT2D eigenvalue weighted by Crippen LogP contribution is 2.25. The maximum absolute atomic E-state index is 10.4. The van der Waals surface area contributed by atoms with E-state index in [-0.39, 0.29) is 6.10 Å². The quantitative estimate of drug-likeness (QED) is 0.464. The monoisotopic (exact) mass is 130 g/mol. The summed E-state index contributed by atoms with van der Waals surface area (Å²) in [6, 6.07) is 0. The second-order valence-corrected chi connectivity index (χ2v) is 2.72. The highest BCUT2D eigenvalue weighted by molar-refractivity contribution is 5.63. The summed E-state index contributed by atoms with van der Waals surface area (Å²) in [5.41, 5.74) is -0.447. The van der Waals surface area contributed by atoms with Crippen molar-refractivity contribution in [1.29, 1.82) is 0 Å². The average Bonchev–Trinajstić information content (AvgIpc) is 1.79. The summed E-state index contributed by atoms with van der Waals surface area (Å²) in [5.74, 6) is 0. The molecule has 9 heavy (non-hydrogen) atoms. The van der Waals surface area contributed by atoms with Gasteiger partial charge < -0.3 is 9.47 Å². The van der Waals surface area contributed by atoms with Gasteiger partial charge in [0.2, 0.25) is 0 Å². The fourth-order valence-electron chi connectivity index (χ4n) is 0.608. The topological polar surface area (TPSA) is 35.5 Å². The van der Waals surface area contributed by atoms with Crippen LogP contribution in [0.4, 0.5) is 4.79 Å². The lowest BCUT2D eigenvalue weighted by atomic mass is 10.0. The van der Waals surface area contributed by atoms with Crippen LogP contribution < -0.4 is 0 Å². The molecule has 0 amide bonds. The van der Waals surface area contributed by atoms with Crippen molar-refractivity contribution in [3.05, 3.63) is 0 Å². The lowest BCUT2D eigenvalue weighted by Crippen LogP contribution is -2.29.